The summed E-state index contributed by atoms with van der Waals surface area (Å²) in [6.45, 7) is 0. The standard InChI is InChI=1S/C6H5F2IN2O/c7-5(8)3-2(9)1-11-6(10)4(3)12/h1,5,12H,(H2,10,11). The summed E-state index contributed by atoms with van der Waals surface area (Å²) in [4.78, 5) is 3.51. The molecule has 66 valence electrons. The summed E-state index contributed by atoms with van der Waals surface area (Å²) in [6, 6.07) is 0. The molecule has 0 atom stereocenters. The van der Waals surface area contributed by atoms with Crippen LogP contribution in [-0.2, 0) is 0 Å². The summed E-state index contributed by atoms with van der Waals surface area (Å²) in [5.41, 5.74) is 4.67. The SMILES string of the molecule is Nc1ncc(I)c(C(F)F)c1O. The van der Waals surface area contributed by atoms with Crippen LogP contribution < -0.4 is 5.73 Å². The molecule has 0 saturated carbocycles. The van der Waals surface area contributed by atoms with Gasteiger partial charge >= 0.3 is 0 Å². The van der Waals surface area contributed by atoms with Crippen LogP contribution in [0.25, 0.3) is 0 Å². The lowest BCUT2D eigenvalue weighted by molar-refractivity contribution is 0.146. The highest BCUT2D eigenvalue weighted by molar-refractivity contribution is 14.1. The average molecular weight is 286 g/mol. The van der Waals surface area contributed by atoms with Crippen molar-refractivity contribution in [3.8, 4) is 5.75 Å². The Hall–Kier alpha value is -0.660. The zero-order chi connectivity index (χ0) is 9.30. The van der Waals surface area contributed by atoms with Crippen LogP contribution in [0.15, 0.2) is 6.20 Å². The van der Waals surface area contributed by atoms with Crippen molar-refractivity contribution < 1.29 is 13.9 Å². The van der Waals surface area contributed by atoms with Gasteiger partial charge in [-0.15, -0.1) is 0 Å². The van der Waals surface area contributed by atoms with E-state index in [4.69, 9.17) is 10.8 Å². The zero-order valence-corrected chi connectivity index (χ0v) is 7.92. The molecule has 0 amide bonds. The smallest absolute Gasteiger partial charge is 0.268 e. The minimum Gasteiger partial charge on any atom is -0.504 e. The van der Waals surface area contributed by atoms with E-state index in [1.54, 1.807) is 22.6 Å². The summed E-state index contributed by atoms with van der Waals surface area (Å²) in [6.07, 6.45) is -1.54. The number of halogens is 3. The van der Waals surface area contributed by atoms with Crippen LogP contribution in [0.5, 0.6) is 5.75 Å². The maximum absolute atomic E-state index is 12.2. The van der Waals surface area contributed by atoms with Crippen LogP contribution in [0.2, 0.25) is 0 Å². The molecule has 6 heteroatoms. The number of nitrogens with two attached hydrogens (primary N) is 1. The maximum Gasteiger partial charge on any atom is 0.268 e. The minimum absolute atomic E-state index is 0.203. The zero-order valence-electron chi connectivity index (χ0n) is 5.76. The van der Waals surface area contributed by atoms with E-state index in [9.17, 15) is 8.78 Å². The van der Waals surface area contributed by atoms with E-state index in [-0.39, 0.29) is 9.39 Å². The molecule has 0 aliphatic rings. The summed E-state index contributed by atoms with van der Waals surface area (Å²) in [5.74, 6) is -0.900. The first-order valence-electron chi connectivity index (χ1n) is 2.95. The topological polar surface area (TPSA) is 59.1 Å². The molecule has 0 spiro atoms. The molecule has 0 aliphatic heterocycles. The van der Waals surface area contributed by atoms with E-state index < -0.39 is 17.7 Å². The van der Waals surface area contributed by atoms with Crippen LogP contribution in [0, 0.1) is 3.57 Å². The van der Waals surface area contributed by atoms with Crippen LogP contribution in [0.3, 0.4) is 0 Å². The van der Waals surface area contributed by atoms with E-state index >= 15 is 0 Å². The first-order valence-corrected chi connectivity index (χ1v) is 4.03. The number of aromatic hydroxyl groups is 1. The van der Waals surface area contributed by atoms with Gasteiger partial charge in [-0.2, -0.15) is 0 Å². The number of alkyl halides is 2. The Bertz CT molecular complexity index is 306. The highest BCUT2D eigenvalue weighted by Crippen LogP contribution is 2.34. The van der Waals surface area contributed by atoms with E-state index in [1.165, 1.54) is 6.20 Å². The fourth-order valence-electron chi connectivity index (χ4n) is 0.716. The number of nitrogens with zero attached hydrogens (tertiary/aromatic N) is 1. The van der Waals surface area contributed by atoms with E-state index in [1.807, 2.05) is 0 Å². The molecule has 0 aromatic carbocycles. The second kappa shape index (κ2) is 3.38. The second-order valence-corrected chi connectivity index (χ2v) is 3.22. The Morgan fingerprint density at radius 3 is 2.58 bits per heavy atom. The maximum atomic E-state index is 12.2. The molecule has 0 radical (unpaired) electrons. The molecular weight excluding hydrogens is 281 g/mol. The van der Waals surface area contributed by atoms with Crippen molar-refractivity contribution in [2.24, 2.45) is 0 Å². The highest BCUT2D eigenvalue weighted by atomic mass is 127. The molecule has 3 N–H and O–H groups in total. The first-order chi connectivity index (χ1) is 5.54. The van der Waals surface area contributed by atoms with E-state index in [0.29, 0.717) is 0 Å². The number of hydrogen-bond donors (Lipinski definition) is 2. The third-order valence-electron chi connectivity index (χ3n) is 1.29. The summed E-state index contributed by atoms with van der Waals surface area (Å²) >= 11 is 1.66. The third kappa shape index (κ3) is 1.57. The van der Waals surface area contributed by atoms with Crippen molar-refractivity contribution in [3.05, 3.63) is 15.3 Å². The van der Waals surface area contributed by atoms with Crippen molar-refractivity contribution in [1.82, 2.24) is 4.98 Å². The molecule has 1 aromatic heterocycles. The van der Waals surface area contributed by atoms with Gasteiger partial charge in [0.25, 0.3) is 6.43 Å². The van der Waals surface area contributed by atoms with Crippen LogP contribution >= 0.6 is 22.6 Å². The van der Waals surface area contributed by atoms with Gasteiger partial charge in [-0.3, -0.25) is 0 Å². The van der Waals surface area contributed by atoms with Crippen LogP contribution in [-0.4, -0.2) is 10.1 Å². The quantitative estimate of drug-likeness (QED) is 0.775. The molecule has 0 unspecified atom stereocenters. The Morgan fingerprint density at radius 1 is 1.58 bits per heavy atom. The van der Waals surface area contributed by atoms with Gasteiger partial charge in [0.15, 0.2) is 11.6 Å². The van der Waals surface area contributed by atoms with Crippen molar-refractivity contribution in [2.75, 3.05) is 5.73 Å². The fraction of sp³-hybridized carbons (Fsp3) is 0.167. The van der Waals surface area contributed by atoms with Crippen molar-refractivity contribution >= 4 is 28.4 Å². The fourth-order valence-corrected chi connectivity index (χ4v) is 1.35. The van der Waals surface area contributed by atoms with Crippen LogP contribution in [0.4, 0.5) is 14.6 Å². The van der Waals surface area contributed by atoms with Gasteiger partial charge in [-0.1, -0.05) is 0 Å². The van der Waals surface area contributed by atoms with E-state index in [0.717, 1.165) is 0 Å². The largest absolute Gasteiger partial charge is 0.504 e. The average Bonchev–Trinajstić information content (AvgIpc) is 1.97. The Kier molecular flexibility index (Phi) is 2.65. The summed E-state index contributed by atoms with van der Waals surface area (Å²) in [7, 11) is 0. The van der Waals surface area contributed by atoms with Gasteiger partial charge in [-0.05, 0) is 22.6 Å². The molecular formula is C6H5F2IN2O. The number of rotatable bonds is 1. The Morgan fingerprint density at radius 2 is 2.17 bits per heavy atom. The molecule has 12 heavy (non-hydrogen) atoms. The number of nitrogen functional groups attached to an aromatic ring is 1. The minimum atomic E-state index is -2.73. The van der Waals surface area contributed by atoms with Crippen molar-refractivity contribution in [2.45, 2.75) is 6.43 Å². The molecule has 3 nitrogen and oxygen atoms in total. The Balaban J connectivity index is 3.33. The monoisotopic (exact) mass is 286 g/mol. The lowest BCUT2D eigenvalue weighted by atomic mass is 10.2. The lowest BCUT2D eigenvalue weighted by Crippen LogP contribution is -1.97. The predicted octanol–water partition coefficient (Wildman–Crippen LogP) is 1.91. The van der Waals surface area contributed by atoms with Gasteiger partial charge < -0.3 is 10.8 Å². The van der Waals surface area contributed by atoms with Crippen molar-refractivity contribution in [3.63, 3.8) is 0 Å². The Labute approximate surface area is 80.7 Å². The molecule has 0 bridgehead atoms. The molecule has 1 heterocycles. The van der Waals surface area contributed by atoms with Gasteiger partial charge in [0, 0.05) is 9.77 Å². The van der Waals surface area contributed by atoms with Crippen molar-refractivity contribution in [1.29, 1.82) is 0 Å². The first kappa shape index (κ1) is 9.43. The second-order valence-electron chi connectivity index (χ2n) is 2.05. The van der Waals surface area contributed by atoms with Crippen LogP contribution in [0.1, 0.15) is 12.0 Å². The number of anilines is 1. The summed E-state index contributed by atoms with van der Waals surface area (Å²) in [5, 5.41) is 9.08. The van der Waals surface area contributed by atoms with Gasteiger partial charge in [-0.25, -0.2) is 13.8 Å². The number of pyridine rings is 1. The molecule has 0 fully saturated rings. The normalized spacial score (nSPS) is 10.7. The number of hydrogen-bond acceptors (Lipinski definition) is 3. The molecule has 1 aromatic rings. The van der Waals surface area contributed by atoms with Gasteiger partial charge in [0.1, 0.15) is 0 Å². The molecule has 1 rings (SSSR count). The molecule has 0 saturated heterocycles. The van der Waals surface area contributed by atoms with Gasteiger partial charge in [0.2, 0.25) is 0 Å². The number of aromatic nitrogens is 1. The highest BCUT2D eigenvalue weighted by Gasteiger charge is 2.19. The third-order valence-corrected chi connectivity index (χ3v) is 2.15. The summed E-state index contributed by atoms with van der Waals surface area (Å²) < 4.78 is 24.6. The van der Waals surface area contributed by atoms with Gasteiger partial charge in [0.05, 0.1) is 5.56 Å². The molecule has 0 aliphatic carbocycles. The predicted molar refractivity (Wildman–Crippen MR) is 48.0 cm³/mol. The lowest BCUT2D eigenvalue weighted by Gasteiger charge is -2.06. The van der Waals surface area contributed by atoms with E-state index in [2.05, 4.69) is 4.98 Å².